The van der Waals surface area contributed by atoms with E-state index in [4.69, 9.17) is 24.3 Å². The maximum atomic E-state index is 14.4. The van der Waals surface area contributed by atoms with Gasteiger partial charge >= 0.3 is 13.7 Å². The Kier molecular flexibility index (Phi) is 8.36. The number of fused-ring (bicyclic) bond motifs is 1. The van der Waals surface area contributed by atoms with Crippen molar-refractivity contribution < 1.29 is 38.1 Å². The average molecular weight is 627 g/mol. The molecule has 44 heavy (non-hydrogen) atoms. The second kappa shape index (κ2) is 12.1. The van der Waals surface area contributed by atoms with Gasteiger partial charge in [-0.2, -0.15) is 15.4 Å². The third-order valence-corrected chi connectivity index (χ3v) is 10.3. The van der Waals surface area contributed by atoms with Crippen molar-refractivity contribution in [1.29, 1.82) is 5.26 Å². The molecule has 234 valence electrons. The Morgan fingerprint density at radius 1 is 1.16 bits per heavy atom. The number of aliphatic hydroxyl groups is 2. The van der Waals surface area contributed by atoms with Gasteiger partial charge in [-0.1, -0.05) is 24.6 Å². The molecule has 2 aromatic heterocycles. The molecule has 2 aliphatic carbocycles. The van der Waals surface area contributed by atoms with Crippen LogP contribution in [0.2, 0.25) is 0 Å². The van der Waals surface area contributed by atoms with Crippen LogP contribution in [0, 0.1) is 11.3 Å². The summed E-state index contributed by atoms with van der Waals surface area (Å²) >= 11 is 0. The van der Waals surface area contributed by atoms with Crippen LogP contribution in [0.25, 0.3) is 5.52 Å². The van der Waals surface area contributed by atoms with Crippen LogP contribution in [0.4, 0.5) is 5.82 Å². The fourth-order valence-electron chi connectivity index (χ4n) is 5.96. The number of carbonyl (C=O) groups excluding carboxylic acids is 1. The first kappa shape index (κ1) is 30.5. The molecular weight excluding hydrogens is 591 g/mol. The van der Waals surface area contributed by atoms with E-state index < -0.39 is 49.8 Å². The van der Waals surface area contributed by atoms with Crippen molar-refractivity contribution in [1.82, 2.24) is 19.7 Å². The van der Waals surface area contributed by atoms with Crippen molar-refractivity contribution in [3.8, 4) is 11.8 Å². The Morgan fingerprint density at radius 3 is 2.59 bits per heavy atom. The maximum Gasteiger partial charge on any atom is 0.459 e. The minimum absolute atomic E-state index is 0.186. The molecule has 14 nitrogen and oxygen atoms in total. The van der Waals surface area contributed by atoms with E-state index in [9.17, 15) is 24.8 Å². The quantitative estimate of drug-likeness (QED) is 0.189. The number of nitrogens with zero attached hydrogens (tertiary/aromatic N) is 4. The van der Waals surface area contributed by atoms with Gasteiger partial charge in [-0.25, -0.2) is 14.1 Å². The molecule has 15 heteroatoms. The van der Waals surface area contributed by atoms with Crippen molar-refractivity contribution in [3.63, 3.8) is 0 Å². The first-order valence-electron chi connectivity index (χ1n) is 14.7. The second-order valence-corrected chi connectivity index (χ2v) is 13.2. The highest BCUT2D eigenvalue weighted by Crippen LogP contribution is 2.52. The molecule has 3 aromatic rings. The number of rotatable bonds is 10. The van der Waals surface area contributed by atoms with Crippen molar-refractivity contribution >= 4 is 25.1 Å². The summed E-state index contributed by atoms with van der Waals surface area (Å²) in [6, 6.07) is 13.3. The number of hydrogen-bond donors (Lipinski definition) is 4. The lowest BCUT2D eigenvalue weighted by Gasteiger charge is -2.42. The summed E-state index contributed by atoms with van der Waals surface area (Å²) in [6.45, 7) is -0.774. The Morgan fingerprint density at radius 2 is 1.91 bits per heavy atom. The number of para-hydroxylation sites is 1. The fraction of sp³-hybridized carbons (Fsp3) is 0.517. The molecule has 1 saturated heterocycles. The van der Waals surface area contributed by atoms with Crippen molar-refractivity contribution in [2.24, 2.45) is 0 Å². The van der Waals surface area contributed by atoms with Crippen LogP contribution in [0.3, 0.4) is 0 Å². The highest BCUT2D eigenvalue weighted by molar-refractivity contribution is 7.52. The van der Waals surface area contributed by atoms with Crippen LogP contribution >= 0.6 is 7.75 Å². The lowest BCUT2D eigenvalue weighted by Crippen LogP contribution is -2.58. The topological polar surface area (TPSA) is 204 Å². The van der Waals surface area contributed by atoms with Gasteiger partial charge in [-0.15, -0.1) is 0 Å². The molecule has 3 fully saturated rings. The SMILES string of the molecule is N#C[C@]1(COP(=O)(NC2(C(=O)OC3CCCCC3)CCC2)Oc2ccccc2)O[C@@H](c2ccc3c(N)ncnn23)[C@H](O)[C@@H]1O. The van der Waals surface area contributed by atoms with E-state index in [0.717, 1.165) is 32.1 Å². The molecule has 3 heterocycles. The zero-order chi connectivity index (χ0) is 31.0. The zero-order valence-corrected chi connectivity index (χ0v) is 24.8. The van der Waals surface area contributed by atoms with Crippen LogP contribution in [0.15, 0.2) is 48.8 Å². The van der Waals surface area contributed by atoms with Crippen LogP contribution in [-0.4, -0.2) is 66.8 Å². The molecule has 1 aromatic carbocycles. The molecule has 6 rings (SSSR count). The lowest BCUT2D eigenvalue weighted by molar-refractivity contribution is -0.162. The van der Waals surface area contributed by atoms with E-state index in [1.165, 1.54) is 10.8 Å². The average Bonchev–Trinajstić information content (AvgIpc) is 3.55. The van der Waals surface area contributed by atoms with Crippen LogP contribution in [-0.2, 0) is 23.4 Å². The standard InChI is InChI=1S/C29H35N6O8P/c30-16-29(25(37)23(36)24(42-29)21-12-13-22-26(31)32-18-33-35(21)22)17-40-44(39,43-20-10-5-2-6-11-20)34-28(14-7-15-28)27(38)41-19-8-3-1-4-9-19/h2,5-6,10-13,18-19,23-25,36-37H,1,3-4,7-9,14-15,17H2,(H,34,39)(H2,31,32,33)/t23-,24-,25-,29+,44?/m0/s1. The number of nitrogens with one attached hydrogen (secondary N) is 1. The number of hydrogen-bond acceptors (Lipinski definition) is 12. The van der Waals surface area contributed by atoms with Gasteiger partial charge in [0, 0.05) is 0 Å². The van der Waals surface area contributed by atoms with Gasteiger partial charge in [-0.3, -0.25) is 9.32 Å². The minimum Gasteiger partial charge on any atom is -0.461 e. The number of aromatic nitrogens is 3. The van der Waals surface area contributed by atoms with Gasteiger partial charge in [0.15, 0.2) is 5.82 Å². The predicted octanol–water partition coefficient (Wildman–Crippen LogP) is 2.96. The first-order chi connectivity index (χ1) is 21.2. The normalized spacial score (nSPS) is 28.1. The maximum absolute atomic E-state index is 14.4. The van der Waals surface area contributed by atoms with E-state index in [0.29, 0.717) is 30.5 Å². The number of nitriles is 1. The molecule has 0 spiro atoms. The van der Waals surface area contributed by atoms with Gasteiger partial charge in [0.05, 0.1) is 5.69 Å². The smallest absolute Gasteiger partial charge is 0.459 e. The molecule has 2 saturated carbocycles. The molecule has 1 aliphatic heterocycles. The summed E-state index contributed by atoms with van der Waals surface area (Å²) in [7, 11) is -4.43. The third kappa shape index (κ3) is 5.67. The van der Waals surface area contributed by atoms with Crippen LogP contribution in [0.5, 0.6) is 5.75 Å². The van der Waals surface area contributed by atoms with E-state index in [2.05, 4.69) is 15.2 Å². The predicted molar refractivity (Wildman–Crippen MR) is 155 cm³/mol. The molecule has 5 N–H and O–H groups in total. The van der Waals surface area contributed by atoms with E-state index in [-0.39, 0.29) is 17.7 Å². The lowest BCUT2D eigenvalue weighted by atomic mass is 9.77. The summed E-state index contributed by atoms with van der Waals surface area (Å²) in [5.74, 6) is -0.154. The van der Waals surface area contributed by atoms with Gasteiger partial charge < -0.3 is 29.9 Å². The summed E-state index contributed by atoms with van der Waals surface area (Å²) in [5.41, 5.74) is 3.19. The first-order valence-corrected chi connectivity index (χ1v) is 16.2. The fourth-order valence-corrected chi connectivity index (χ4v) is 7.72. The van der Waals surface area contributed by atoms with Crippen LogP contribution < -0.4 is 15.3 Å². The number of nitrogen functional groups attached to an aromatic ring is 1. The number of esters is 1. The number of benzene rings is 1. The molecule has 5 atom stereocenters. The molecule has 0 amide bonds. The number of ether oxygens (including phenoxy) is 2. The van der Waals surface area contributed by atoms with Crippen molar-refractivity contribution in [2.75, 3.05) is 12.3 Å². The third-order valence-electron chi connectivity index (χ3n) is 8.63. The van der Waals surface area contributed by atoms with Crippen LogP contribution in [0.1, 0.15) is 63.2 Å². The molecule has 0 bridgehead atoms. The van der Waals surface area contributed by atoms with Gasteiger partial charge in [-0.05, 0) is 69.2 Å². The highest BCUT2D eigenvalue weighted by Gasteiger charge is 2.58. The number of anilines is 1. The summed E-state index contributed by atoms with van der Waals surface area (Å²) in [5, 5.41) is 39.3. The largest absolute Gasteiger partial charge is 0.461 e. The second-order valence-electron chi connectivity index (χ2n) is 11.6. The summed E-state index contributed by atoms with van der Waals surface area (Å²) < 4.78 is 39.3. The number of carbonyl (C=O) groups is 1. The number of aliphatic hydroxyl groups excluding tert-OH is 2. The zero-order valence-electron chi connectivity index (χ0n) is 23.9. The van der Waals surface area contributed by atoms with Crippen molar-refractivity contribution in [2.45, 2.75) is 86.9 Å². The van der Waals surface area contributed by atoms with E-state index in [1.807, 2.05) is 6.07 Å². The molecule has 3 aliphatic rings. The summed E-state index contributed by atoms with van der Waals surface area (Å²) in [6.07, 6.45) is 2.40. The van der Waals surface area contributed by atoms with Gasteiger partial charge in [0.1, 0.15) is 60.2 Å². The molecule has 1 unspecified atom stereocenters. The Balaban J connectivity index is 1.25. The summed E-state index contributed by atoms with van der Waals surface area (Å²) in [4.78, 5) is 17.4. The van der Waals surface area contributed by atoms with E-state index >= 15 is 0 Å². The molecule has 0 radical (unpaired) electrons. The highest BCUT2D eigenvalue weighted by atomic mass is 31.2. The Bertz CT molecular complexity index is 1590. The minimum atomic E-state index is -4.43. The Labute approximate surface area is 253 Å². The number of nitrogens with two attached hydrogens (primary N) is 1. The monoisotopic (exact) mass is 626 g/mol. The van der Waals surface area contributed by atoms with Crippen molar-refractivity contribution in [3.05, 3.63) is 54.5 Å². The molecular formula is C29H35N6O8P. The van der Waals surface area contributed by atoms with E-state index in [1.54, 1.807) is 42.5 Å². The Hall–Kier alpha value is -3.57. The van der Waals surface area contributed by atoms with Gasteiger partial charge in [0.25, 0.3) is 0 Å². The van der Waals surface area contributed by atoms with Gasteiger partial charge in [0.2, 0.25) is 5.60 Å².